The summed E-state index contributed by atoms with van der Waals surface area (Å²) in [5, 5.41) is 3.99. The van der Waals surface area contributed by atoms with Crippen molar-refractivity contribution in [3.8, 4) is 5.75 Å². The monoisotopic (exact) mass is 437 g/mol. The summed E-state index contributed by atoms with van der Waals surface area (Å²) in [6.07, 6.45) is 4.36. The van der Waals surface area contributed by atoms with Gasteiger partial charge in [0.1, 0.15) is 29.9 Å². The van der Waals surface area contributed by atoms with Crippen molar-refractivity contribution in [2.45, 2.75) is 45.3 Å². The molecule has 4 rings (SSSR count). The fraction of sp³-hybridized carbons (Fsp3) is 0.500. The summed E-state index contributed by atoms with van der Waals surface area (Å²) < 4.78 is 35.3. The number of hydrogen-bond acceptors (Lipinski definition) is 4. The molecule has 1 aliphatic carbocycles. The van der Waals surface area contributed by atoms with Crippen molar-refractivity contribution in [1.29, 1.82) is 0 Å². The Kier molecular flexibility index (Phi) is 6.65. The summed E-state index contributed by atoms with van der Waals surface area (Å²) in [6, 6.07) is 6.95. The van der Waals surface area contributed by atoms with Gasteiger partial charge in [-0.2, -0.15) is 8.78 Å². The molecule has 5 nitrogen and oxygen atoms in total. The maximum absolute atomic E-state index is 12.6. The molecule has 0 saturated carbocycles. The second-order valence-corrected chi connectivity index (χ2v) is 8.89. The maximum Gasteiger partial charge on any atom is 0.387 e. The van der Waals surface area contributed by atoms with Crippen LogP contribution in [0.25, 0.3) is 0 Å². The van der Waals surface area contributed by atoms with Gasteiger partial charge < -0.3 is 19.7 Å². The van der Waals surface area contributed by atoms with Crippen LogP contribution in [0.5, 0.6) is 5.75 Å². The first-order valence-corrected chi connectivity index (χ1v) is 11.2. The van der Waals surface area contributed by atoms with Crippen LogP contribution in [0, 0.1) is 0 Å². The van der Waals surface area contributed by atoms with E-state index in [4.69, 9.17) is 4.74 Å². The van der Waals surface area contributed by atoms with Crippen LogP contribution in [-0.4, -0.2) is 38.8 Å². The van der Waals surface area contributed by atoms with Crippen molar-refractivity contribution in [2.75, 3.05) is 31.6 Å². The van der Waals surface area contributed by atoms with Crippen molar-refractivity contribution in [3.05, 3.63) is 45.8 Å². The van der Waals surface area contributed by atoms with Crippen LogP contribution < -0.4 is 15.0 Å². The number of aryl methyl sites for hydroxylation is 1. The predicted molar refractivity (Wildman–Crippen MR) is 112 cm³/mol. The van der Waals surface area contributed by atoms with E-state index in [1.54, 1.807) is 23.5 Å². The van der Waals surface area contributed by atoms with Crippen molar-refractivity contribution >= 4 is 22.2 Å². The maximum atomic E-state index is 12.6. The molecule has 0 radical (unpaired) electrons. The average molecular weight is 438 g/mol. The van der Waals surface area contributed by atoms with E-state index in [0.717, 1.165) is 42.9 Å². The van der Waals surface area contributed by atoms with Crippen LogP contribution in [0.15, 0.2) is 24.3 Å². The second-order valence-electron chi connectivity index (χ2n) is 7.79. The largest absolute Gasteiger partial charge is 0.435 e. The average Bonchev–Trinajstić information content (AvgIpc) is 3.07. The van der Waals surface area contributed by atoms with E-state index in [1.807, 2.05) is 12.1 Å². The lowest BCUT2D eigenvalue weighted by Gasteiger charge is -2.33. The highest BCUT2D eigenvalue weighted by Crippen LogP contribution is 2.42. The van der Waals surface area contributed by atoms with E-state index in [0.29, 0.717) is 13.2 Å². The van der Waals surface area contributed by atoms with Crippen molar-refractivity contribution in [1.82, 2.24) is 0 Å². The first-order valence-electron chi connectivity index (χ1n) is 10.4. The summed E-state index contributed by atoms with van der Waals surface area (Å²) in [5.74, 6) is 0.0742. The van der Waals surface area contributed by atoms with Gasteiger partial charge in [0.25, 0.3) is 0 Å². The van der Waals surface area contributed by atoms with Gasteiger partial charge in [-0.3, -0.25) is 4.79 Å². The van der Waals surface area contributed by atoms with Gasteiger partial charge in [0.05, 0.1) is 18.8 Å². The number of nitrogens with one attached hydrogen (secondary N) is 2. The molecule has 1 fully saturated rings. The van der Waals surface area contributed by atoms with Gasteiger partial charge in [0, 0.05) is 17.4 Å². The van der Waals surface area contributed by atoms with Crippen LogP contribution in [0.1, 0.15) is 47.4 Å². The minimum atomic E-state index is -2.84. The summed E-state index contributed by atoms with van der Waals surface area (Å²) >= 11 is 1.69. The SMILES string of the molecule is CC(=O)Nc1sc2c(c1C(c1ccc(OC(F)F)cc1)[NH+]1CCOCC1)CCCC2. The number of quaternary nitrogens is 1. The third-order valence-corrected chi connectivity index (χ3v) is 7.00. The number of carbonyl (C=O) groups is 1. The van der Waals surface area contributed by atoms with Crippen LogP contribution in [0.3, 0.4) is 0 Å². The molecule has 30 heavy (non-hydrogen) atoms. The van der Waals surface area contributed by atoms with Crippen molar-refractivity contribution in [2.24, 2.45) is 0 Å². The topological polar surface area (TPSA) is 52.0 Å². The van der Waals surface area contributed by atoms with E-state index in [2.05, 4.69) is 10.1 Å². The Morgan fingerprint density at radius 1 is 1.17 bits per heavy atom. The molecule has 1 aromatic heterocycles. The number of anilines is 1. The van der Waals surface area contributed by atoms with Crippen LogP contribution in [0.4, 0.5) is 13.8 Å². The molecular formula is C22H27F2N2O3S+. The number of ether oxygens (including phenoxy) is 2. The van der Waals surface area contributed by atoms with E-state index >= 15 is 0 Å². The molecule has 1 saturated heterocycles. The molecule has 0 spiro atoms. The zero-order valence-corrected chi connectivity index (χ0v) is 17.8. The minimum Gasteiger partial charge on any atom is -0.435 e. The Hall–Kier alpha value is -2.03. The number of carbonyl (C=O) groups excluding carboxylic acids is 1. The molecule has 1 aliphatic heterocycles. The molecule has 1 unspecified atom stereocenters. The quantitative estimate of drug-likeness (QED) is 0.730. The summed E-state index contributed by atoms with van der Waals surface area (Å²) in [5.41, 5.74) is 3.57. The Morgan fingerprint density at radius 2 is 1.87 bits per heavy atom. The summed E-state index contributed by atoms with van der Waals surface area (Å²) in [4.78, 5) is 14.7. The highest BCUT2D eigenvalue weighted by atomic mass is 32.1. The molecule has 2 N–H and O–H groups in total. The zero-order chi connectivity index (χ0) is 21.1. The van der Waals surface area contributed by atoms with E-state index in [9.17, 15) is 13.6 Å². The molecule has 2 aromatic rings. The normalized spacial score (nSPS) is 18.1. The standard InChI is InChI=1S/C22H26F2N2O3S/c1-14(27)25-21-19(17-4-2-3-5-18(17)30-21)20(26-10-12-28-13-11-26)15-6-8-16(9-7-15)29-22(23)24/h6-9,20,22H,2-5,10-13H2,1H3,(H,25,27)/p+1. The Balaban J connectivity index is 1.78. The fourth-order valence-corrected chi connectivity index (χ4v) is 5.89. The number of fused-ring (bicyclic) bond motifs is 1. The van der Waals surface area contributed by atoms with E-state index in [1.165, 1.54) is 34.2 Å². The number of benzene rings is 1. The minimum absolute atomic E-state index is 0.00875. The summed E-state index contributed by atoms with van der Waals surface area (Å²) in [6.45, 7) is 1.76. The molecule has 1 amide bonds. The van der Waals surface area contributed by atoms with Crippen molar-refractivity contribution < 1.29 is 27.9 Å². The van der Waals surface area contributed by atoms with Crippen LogP contribution in [-0.2, 0) is 22.4 Å². The fourth-order valence-electron chi connectivity index (χ4n) is 4.52. The number of thiophene rings is 1. The lowest BCUT2D eigenvalue weighted by Crippen LogP contribution is -3.14. The molecule has 8 heteroatoms. The van der Waals surface area contributed by atoms with Gasteiger partial charge in [-0.25, -0.2) is 0 Å². The van der Waals surface area contributed by atoms with E-state index < -0.39 is 6.61 Å². The van der Waals surface area contributed by atoms with Gasteiger partial charge in [0.15, 0.2) is 0 Å². The number of halogens is 2. The summed E-state index contributed by atoms with van der Waals surface area (Å²) in [7, 11) is 0. The van der Waals surface area contributed by atoms with Crippen LogP contribution >= 0.6 is 11.3 Å². The second kappa shape index (κ2) is 9.41. The molecule has 2 heterocycles. The van der Waals surface area contributed by atoms with Gasteiger partial charge in [-0.1, -0.05) is 0 Å². The number of hydrogen-bond donors (Lipinski definition) is 2. The van der Waals surface area contributed by atoms with Crippen LogP contribution in [0.2, 0.25) is 0 Å². The van der Waals surface area contributed by atoms with Gasteiger partial charge in [0.2, 0.25) is 5.91 Å². The number of alkyl halides is 2. The first-order chi connectivity index (χ1) is 14.5. The van der Waals surface area contributed by atoms with E-state index in [-0.39, 0.29) is 17.7 Å². The molecule has 162 valence electrons. The molecule has 2 aliphatic rings. The predicted octanol–water partition coefficient (Wildman–Crippen LogP) is 3.19. The third-order valence-electron chi connectivity index (χ3n) is 5.77. The lowest BCUT2D eigenvalue weighted by atomic mass is 9.88. The van der Waals surface area contributed by atoms with Gasteiger partial charge in [-0.15, -0.1) is 11.3 Å². The first kappa shape index (κ1) is 21.2. The zero-order valence-electron chi connectivity index (χ0n) is 17.0. The van der Waals surface area contributed by atoms with Gasteiger partial charge in [-0.05, 0) is 55.5 Å². The molecule has 1 aromatic carbocycles. The Bertz CT molecular complexity index is 879. The molecular weight excluding hydrogens is 410 g/mol. The Labute approximate surface area is 179 Å². The number of morpholine rings is 1. The van der Waals surface area contributed by atoms with Crippen molar-refractivity contribution in [3.63, 3.8) is 0 Å². The third kappa shape index (κ3) is 4.66. The molecule has 1 atom stereocenters. The number of amides is 1. The Morgan fingerprint density at radius 3 is 2.53 bits per heavy atom. The highest BCUT2D eigenvalue weighted by molar-refractivity contribution is 7.16. The number of rotatable bonds is 6. The highest BCUT2D eigenvalue weighted by Gasteiger charge is 2.35. The van der Waals surface area contributed by atoms with Gasteiger partial charge >= 0.3 is 6.61 Å². The molecule has 0 bridgehead atoms. The smallest absolute Gasteiger partial charge is 0.387 e. The lowest BCUT2D eigenvalue weighted by molar-refractivity contribution is -0.933.